The summed E-state index contributed by atoms with van der Waals surface area (Å²) in [5.41, 5.74) is 1.21. The van der Waals surface area contributed by atoms with E-state index in [1.165, 1.54) is 11.0 Å². The molecule has 0 aliphatic carbocycles. The molecule has 0 aliphatic rings. The number of hydrogen-bond acceptors (Lipinski definition) is 5. The number of anilines is 1. The molecule has 0 saturated heterocycles. The summed E-state index contributed by atoms with van der Waals surface area (Å²) >= 11 is 0. The monoisotopic (exact) mass is 583 g/mol. The number of nitrogens with one attached hydrogen (secondary N) is 1. The molecule has 0 spiro atoms. The first-order valence-corrected chi connectivity index (χ1v) is 15.5. The topological polar surface area (TPSA) is 96.0 Å². The Morgan fingerprint density at radius 1 is 0.951 bits per heavy atom. The molecular weight excluding hydrogens is 545 g/mol. The number of rotatable bonds is 15. The summed E-state index contributed by atoms with van der Waals surface area (Å²) in [4.78, 5) is 29.0. The fourth-order valence-corrected chi connectivity index (χ4v) is 5.26. The summed E-state index contributed by atoms with van der Waals surface area (Å²) in [7, 11) is -3.96. The average Bonchev–Trinajstić information content (AvgIpc) is 2.95. The number of carbonyl (C=O) groups excluding carboxylic acids is 2. The van der Waals surface area contributed by atoms with Gasteiger partial charge < -0.3 is 15.0 Å². The molecule has 0 aromatic heterocycles. The first-order chi connectivity index (χ1) is 19.7. The van der Waals surface area contributed by atoms with Crippen molar-refractivity contribution in [1.82, 2.24) is 10.2 Å². The normalized spacial score (nSPS) is 11.9. The van der Waals surface area contributed by atoms with E-state index < -0.39 is 40.2 Å². The molecule has 0 fully saturated rings. The van der Waals surface area contributed by atoms with E-state index in [0.29, 0.717) is 18.9 Å². The minimum absolute atomic E-state index is 0.160. The highest BCUT2D eigenvalue weighted by molar-refractivity contribution is 7.92. The minimum atomic E-state index is -3.96. The summed E-state index contributed by atoms with van der Waals surface area (Å²) in [5, 5.41) is 2.90. The molecule has 1 N–H and O–H groups in total. The summed E-state index contributed by atoms with van der Waals surface area (Å²) in [6.07, 6.45) is 2.78. The van der Waals surface area contributed by atoms with Crippen LogP contribution in [0, 0.1) is 5.82 Å². The largest absolute Gasteiger partial charge is 0.492 e. The number of sulfonamides is 1. The van der Waals surface area contributed by atoms with Crippen LogP contribution < -0.4 is 14.4 Å². The van der Waals surface area contributed by atoms with Crippen LogP contribution >= 0.6 is 0 Å². The molecule has 0 bridgehead atoms. The second kappa shape index (κ2) is 15.2. The van der Waals surface area contributed by atoms with Gasteiger partial charge in [-0.3, -0.25) is 13.9 Å². The third-order valence-electron chi connectivity index (χ3n) is 6.51. The fraction of sp³-hybridized carbons (Fsp3) is 0.355. The van der Waals surface area contributed by atoms with Gasteiger partial charge in [-0.2, -0.15) is 0 Å². The summed E-state index contributed by atoms with van der Waals surface area (Å²) in [6, 6.07) is 20.7. The van der Waals surface area contributed by atoms with Crippen LogP contribution in [0.2, 0.25) is 0 Å². The van der Waals surface area contributed by atoms with Crippen molar-refractivity contribution in [3.63, 3.8) is 0 Å². The highest BCUT2D eigenvalue weighted by Crippen LogP contribution is 2.30. The molecule has 0 heterocycles. The Balaban J connectivity index is 2.07. The van der Waals surface area contributed by atoms with Crippen molar-refractivity contribution in [2.24, 2.45) is 0 Å². The number of nitrogens with zero attached hydrogens (tertiary/aromatic N) is 2. The van der Waals surface area contributed by atoms with E-state index in [9.17, 15) is 22.4 Å². The van der Waals surface area contributed by atoms with E-state index in [2.05, 4.69) is 5.32 Å². The molecule has 0 radical (unpaired) electrons. The molecule has 1 unspecified atom stereocenters. The number of halogens is 1. The predicted octanol–water partition coefficient (Wildman–Crippen LogP) is 4.55. The predicted molar refractivity (Wildman–Crippen MR) is 159 cm³/mol. The van der Waals surface area contributed by atoms with Crippen LogP contribution in [0.25, 0.3) is 0 Å². The second-order valence-electron chi connectivity index (χ2n) is 9.63. The van der Waals surface area contributed by atoms with Crippen molar-refractivity contribution in [3.05, 3.63) is 95.8 Å². The van der Waals surface area contributed by atoms with Gasteiger partial charge in [0.05, 0.1) is 18.6 Å². The Kier molecular flexibility index (Phi) is 11.7. The summed E-state index contributed by atoms with van der Waals surface area (Å²) in [5.74, 6) is -1.28. The van der Waals surface area contributed by atoms with Crippen molar-refractivity contribution < 1.29 is 27.1 Å². The van der Waals surface area contributed by atoms with Gasteiger partial charge in [0.2, 0.25) is 21.8 Å². The number of hydrogen-bond donors (Lipinski definition) is 1. The minimum Gasteiger partial charge on any atom is -0.492 e. The van der Waals surface area contributed by atoms with Gasteiger partial charge in [-0.25, -0.2) is 12.8 Å². The highest BCUT2D eigenvalue weighted by Gasteiger charge is 2.34. The molecule has 220 valence electrons. The third-order valence-corrected chi connectivity index (χ3v) is 7.64. The lowest BCUT2D eigenvalue weighted by Gasteiger charge is -2.33. The van der Waals surface area contributed by atoms with Gasteiger partial charge >= 0.3 is 0 Å². The highest BCUT2D eigenvalue weighted by atomic mass is 32.2. The Bertz CT molecular complexity index is 1400. The van der Waals surface area contributed by atoms with Crippen molar-refractivity contribution in [1.29, 1.82) is 0 Å². The molecule has 3 aromatic carbocycles. The zero-order chi connectivity index (χ0) is 29.8. The van der Waals surface area contributed by atoms with E-state index in [1.807, 2.05) is 37.3 Å². The number of amides is 2. The first-order valence-electron chi connectivity index (χ1n) is 13.7. The Morgan fingerprint density at radius 3 is 2.27 bits per heavy atom. The standard InChI is InChI=1S/C31H38FN3O5S/c1-4-6-20-33-31(37)28(21-24-14-8-7-9-15-24)34(22-25-16-10-11-17-26(25)32)30(36)23-35(41(3,38)39)27-18-12-13-19-29(27)40-5-2/h7-19,28H,4-6,20-23H2,1-3H3,(H,33,37). The van der Waals surface area contributed by atoms with Crippen molar-refractivity contribution in [2.75, 3.05) is 30.3 Å². The third kappa shape index (κ3) is 9.04. The molecule has 10 heteroatoms. The Hall–Kier alpha value is -3.92. The Labute approximate surface area is 242 Å². The van der Waals surface area contributed by atoms with Crippen LogP contribution in [0.3, 0.4) is 0 Å². The number of ether oxygens (including phenoxy) is 1. The van der Waals surface area contributed by atoms with Crippen LogP contribution in [0.4, 0.5) is 10.1 Å². The second-order valence-corrected chi connectivity index (χ2v) is 11.5. The number of benzene rings is 3. The van der Waals surface area contributed by atoms with Crippen molar-refractivity contribution >= 4 is 27.5 Å². The molecule has 3 rings (SSSR count). The Morgan fingerprint density at radius 2 is 1.61 bits per heavy atom. The first kappa shape index (κ1) is 31.6. The van der Waals surface area contributed by atoms with Crippen LogP contribution in [-0.4, -0.2) is 57.1 Å². The van der Waals surface area contributed by atoms with Crippen LogP contribution in [0.5, 0.6) is 5.75 Å². The summed E-state index contributed by atoms with van der Waals surface area (Å²) in [6.45, 7) is 3.65. The maximum Gasteiger partial charge on any atom is 0.244 e. The van der Waals surface area contributed by atoms with Gasteiger partial charge in [-0.05, 0) is 37.1 Å². The van der Waals surface area contributed by atoms with E-state index in [-0.39, 0.29) is 24.2 Å². The number of para-hydroxylation sites is 2. The van der Waals surface area contributed by atoms with Crippen LogP contribution in [0.15, 0.2) is 78.9 Å². The molecule has 8 nitrogen and oxygen atoms in total. The molecule has 41 heavy (non-hydrogen) atoms. The lowest BCUT2D eigenvalue weighted by Crippen LogP contribution is -2.53. The van der Waals surface area contributed by atoms with Gasteiger partial charge in [0.15, 0.2) is 0 Å². The number of carbonyl (C=O) groups is 2. The van der Waals surface area contributed by atoms with Gasteiger partial charge in [0, 0.05) is 25.1 Å². The van der Waals surface area contributed by atoms with E-state index in [4.69, 9.17) is 4.74 Å². The van der Waals surface area contributed by atoms with Gasteiger partial charge in [-0.1, -0.05) is 74.0 Å². The quantitative estimate of drug-likeness (QED) is 0.265. The fourth-order valence-electron chi connectivity index (χ4n) is 4.41. The molecule has 0 aliphatic heterocycles. The molecular formula is C31H38FN3O5S. The lowest BCUT2D eigenvalue weighted by atomic mass is 10.0. The molecule has 2 amide bonds. The zero-order valence-corrected chi connectivity index (χ0v) is 24.6. The van der Waals surface area contributed by atoms with E-state index in [0.717, 1.165) is 29.0 Å². The van der Waals surface area contributed by atoms with Crippen molar-refractivity contribution in [2.45, 2.75) is 45.7 Å². The maximum atomic E-state index is 14.8. The number of unbranched alkanes of at least 4 members (excludes halogenated alkanes) is 1. The molecule has 3 aromatic rings. The average molecular weight is 584 g/mol. The lowest BCUT2D eigenvalue weighted by molar-refractivity contribution is -0.140. The smallest absolute Gasteiger partial charge is 0.244 e. The maximum absolute atomic E-state index is 14.8. The van der Waals surface area contributed by atoms with Gasteiger partial charge in [-0.15, -0.1) is 0 Å². The van der Waals surface area contributed by atoms with Crippen LogP contribution in [0.1, 0.15) is 37.8 Å². The van der Waals surface area contributed by atoms with Gasteiger partial charge in [0.25, 0.3) is 0 Å². The van der Waals surface area contributed by atoms with Crippen molar-refractivity contribution in [3.8, 4) is 5.75 Å². The van der Waals surface area contributed by atoms with Gasteiger partial charge in [0.1, 0.15) is 24.2 Å². The molecule has 0 saturated carbocycles. The molecule has 1 atom stereocenters. The van der Waals surface area contributed by atoms with E-state index >= 15 is 0 Å². The van der Waals surface area contributed by atoms with E-state index in [1.54, 1.807) is 49.4 Å². The van der Waals surface area contributed by atoms with Crippen LogP contribution in [-0.2, 0) is 32.6 Å². The SMILES string of the molecule is CCCCNC(=O)C(Cc1ccccc1)N(Cc1ccccc1F)C(=O)CN(c1ccccc1OCC)S(C)(=O)=O. The summed E-state index contributed by atoms with van der Waals surface area (Å²) < 4.78 is 47.4. The zero-order valence-electron chi connectivity index (χ0n) is 23.8.